The summed E-state index contributed by atoms with van der Waals surface area (Å²) in [6.07, 6.45) is 6.87. The van der Waals surface area contributed by atoms with Crippen molar-refractivity contribution in [3.8, 4) is 39.8 Å². The van der Waals surface area contributed by atoms with Gasteiger partial charge in [-0.3, -0.25) is 15.4 Å². The summed E-state index contributed by atoms with van der Waals surface area (Å²) in [6, 6.07) is 20.1. The highest BCUT2D eigenvalue weighted by molar-refractivity contribution is 6.00. The van der Waals surface area contributed by atoms with E-state index in [9.17, 15) is 4.79 Å². The van der Waals surface area contributed by atoms with Crippen molar-refractivity contribution in [3.05, 3.63) is 101 Å². The van der Waals surface area contributed by atoms with Gasteiger partial charge >= 0.3 is 0 Å². The number of rotatable bonds is 16. The minimum Gasteiger partial charge on any atom is -0.497 e. The number of nitrogens with two attached hydrogens (primary N) is 1. The van der Waals surface area contributed by atoms with Crippen LogP contribution in [0.2, 0.25) is 0 Å². The fraction of sp³-hybridized carbons (Fsp3) is 0.460. The summed E-state index contributed by atoms with van der Waals surface area (Å²) in [6.45, 7) is 10.3. The van der Waals surface area contributed by atoms with E-state index in [1.165, 1.54) is 0 Å². The molecule has 6 atom stereocenters. The first-order chi connectivity index (χ1) is 31.5. The van der Waals surface area contributed by atoms with E-state index in [-0.39, 0.29) is 30.1 Å². The monoisotopic (exact) mass is 886 g/mol. The lowest BCUT2D eigenvalue weighted by molar-refractivity contribution is -0.200. The van der Waals surface area contributed by atoms with Crippen molar-refractivity contribution in [1.29, 1.82) is 0 Å². The van der Waals surface area contributed by atoms with Gasteiger partial charge in [0.15, 0.2) is 6.10 Å². The normalized spacial score (nSPS) is 20.9. The number of ether oxygens (including phenoxy) is 5. The molecule has 0 aliphatic carbocycles. The van der Waals surface area contributed by atoms with Crippen molar-refractivity contribution in [2.24, 2.45) is 17.6 Å². The van der Waals surface area contributed by atoms with Crippen molar-refractivity contribution in [2.75, 3.05) is 41.0 Å². The summed E-state index contributed by atoms with van der Waals surface area (Å²) in [5.41, 5.74) is 17.7. The van der Waals surface area contributed by atoms with E-state index in [1.807, 2.05) is 49.3 Å². The lowest BCUT2D eigenvalue weighted by atomic mass is 9.83. The first-order valence-electron chi connectivity index (χ1n) is 22.9. The number of nitrogens with zero attached hydrogens (tertiary/aromatic N) is 4. The third-order valence-corrected chi connectivity index (χ3v) is 13.2. The first kappa shape index (κ1) is 44.6. The van der Waals surface area contributed by atoms with Crippen LogP contribution in [0.4, 0.5) is 0 Å². The van der Waals surface area contributed by atoms with Gasteiger partial charge in [0.2, 0.25) is 12.3 Å². The van der Waals surface area contributed by atoms with Crippen LogP contribution >= 0.6 is 0 Å². The molecule has 2 fully saturated rings. The molecule has 5 N–H and O–H groups in total. The number of hydrogen-bond acceptors (Lipinski definition) is 12. The van der Waals surface area contributed by atoms with Gasteiger partial charge in [-0.15, -0.1) is 0 Å². The molecule has 6 heterocycles. The quantitative estimate of drug-likeness (QED) is 0.0554. The Morgan fingerprint density at radius 1 is 0.877 bits per heavy atom. The zero-order chi connectivity index (χ0) is 45.4. The molecule has 0 radical (unpaired) electrons. The van der Waals surface area contributed by atoms with E-state index < -0.39 is 18.6 Å². The predicted molar refractivity (Wildman–Crippen MR) is 247 cm³/mol. The highest BCUT2D eigenvalue weighted by Gasteiger charge is 2.39. The maximum atomic E-state index is 13.7. The van der Waals surface area contributed by atoms with Gasteiger partial charge in [-0.1, -0.05) is 64.1 Å². The molecule has 2 aromatic heterocycles. The average molecular weight is 887 g/mol. The van der Waals surface area contributed by atoms with Crippen molar-refractivity contribution in [2.45, 2.75) is 96.7 Å². The number of aromatic nitrogens is 4. The number of carbonyl (C=O) groups is 1. The Morgan fingerprint density at radius 3 is 2.26 bits per heavy atom. The van der Waals surface area contributed by atoms with Crippen LogP contribution < -0.4 is 25.4 Å². The van der Waals surface area contributed by atoms with Gasteiger partial charge in [0.05, 0.1) is 50.1 Å². The number of hydrogen-bond donors (Lipinski definition) is 4. The number of H-pyrrole nitrogens is 2. The van der Waals surface area contributed by atoms with Crippen LogP contribution in [0, 0.1) is 11.8 Å². The number of hydroxylamine groups is 1. The van der Waals surface area contributed by atoms with Gasteiger partial charge in [0.1, 0.15) is 47.8 Å². The molecule has 0 bridgehead atoms. The number of aromatic amines is 2. The van der Waals surface area contributed by atoms with Crippen LogP contribution in [-0.4, -0.2) is 95.4 Å². The summed E-state index contributed by atoms with van der Waals surface area (Å²) >= 11 is 0. The number of methoxy groups -OCH3 is 2. The number of imidazole rings is 2. The number of carbonyl (C=O) groups excluding carboxylic acids is 1. The molecule has 9 rings (SSSR count). The van der Waals surface area contributed by atoms with Gasteiger partial charge in [0, 0.05) is 59.2 Å². The number of fused-ring (bicyclic) bond motifs is 4. The molecule has 2 saturated heterocycles. The van der Waals surface area contributed by atoms with E-state index in [4.69, 9.17) is 44.2 Å². The molecular formula is C50H62N8O7. The highest BCUT2D eigenvalue weighted by atomic mass is 16.7. The third kappa shape index (κ3) is 8.93. The highest BCUT2D eigenvalue weighted by Crippen LogP contribution is 2.52. The van der Waals surface area contributed by atoms with Crippen LogP contribution in [0.15, 0.2) is 73.1 Å². The summed E-state index contributed by atoms with van der Waals surface area (Å²) in [7, 11) is 4.78. The van der Waals surface area contributed by atoms with Gasteiger partial charge < -0.3 is 43.4 Å². The Hall–Kier alpha value is -5.55. The Morgan fingerprint density at radius 2 is 1.57 bits per heavy atom. The van der Waals surface area contributed by atoms with E-state index in [0.717, 1.165) is 118 Å². The molecule has 0 spiro atoms. The molecule has 4 aliphatic rings. The molecule has 15 heteroatoms. The van der Waals surface area contributed by atoms with E-state index >= 15 is 0 Å². The second-order valence-corrected chi connectivity index (χ2v) is 18.2. The Labute approximate surface area is 380 Å². The third-order valence-electron chi connectivity index (χ3n) is 13.2. The van der Waals surface area contributed by atoms with Gasteiger partial charge in [-0.05, 0) is 68.2 Å². The topological polar surface area (TPSA) is 174 Å². The van der Waals surface area contributed by atoms with Gasteiger partial charge in [0.25, 0.3) is 0 Å². The molecule has 3 aromatic carbocycles. The molecule has 0 saturated carbocycles. The van der Waals surface area contributed by atoms with E-state index in [0.29, 0.717) is 19.1 Å². The molecule has 5 aromatic rings. The maximum absolute atomic E-state index is 13.7. The summed E-state index contributed by atoms with van der Waals surface area (Å²) in [5, 5.41) is 0. The second-order valence-electron chi connectivity index (χ2n) is 18.2. The van der Waals surface area contributed by atoms with E-state index in [1.54, 1.807) is 21.3 Å². The molecule has 15 nitrogen and oxygen atoms in total. The number of benzene rings is 3. The number of nitrogens with one attached hydrogen (secondary N) is 3. The summed E-state index contributed by atoms with van der Waals surface area (Å²) < 4.78 is 30.9. The summed E-state index contributed by atoms with van der Waals surface area (Å²) in [4.78, 5) is 40.1. The zero-order valence-corrected chi connectivity index (χ0v) is 38.4. The molecule has 344 valence electrons. The van der Waals surface area contributed by atoms with Crippen LogP contribution in [0.25, 0.3) is 33.7 Å². The van der Waals surface area contributed by atoms with Gasteiger partial charge in [-0.2, -0.15) is 5.48 Å². The minimum atomic E-state index is -0.799. The average Bonchev–Trinajstić information content (AvgIpc) is 4.17. The molecule has 4 aliphatic heterocycles. The Kier molecular flexibility index (Phi) is 13.1. The first-order valence-corrected chi connectivity index (χ1v) is 22.9. The van der Waals surface area contributed by atoms with Crippen molar-refractivity contribution >= 4 is 17.1 Å². The Balaban J connectivity index is 1.01. The molecular weight excluding hydrogens is 825 g/mol. The molecule has 3 unspecified atom stereocenters. The standard InChI is InChI=1S/C50H62N8O7/c1-28(2)21-43(65-50(51)61-6)57-19-9-13-39(57)47-52-26-38(54-47)31-15-17-34-36-27-63-41-23-30(16-18-35(41)44(36)46(64-42(34)24-31)32-11-8-12-33(22-32)60-5)37-25-53-48(55-37)40-14-10-20-58(40)49(59)45(29(3)4)56-62-7/h8,11-12,15-18,22-26,28-29,39-40,43,45-46,50,56H,9-10,13-14,19-21,27,51H2,1-7H3,(H,52,54)(H,53,55)/t39-,40-,43?,45-,46?,50?/m0/s1. The predicted octanol–water partition coefficient (Wildman–Crippen LogP) is 8.17. The van der Waals surface area contributed by atoms with Crippen LogP contribution in [0.3, 0.4) is 0 Å². The number of likely N-dealkylation sites (tertiary alicyclic amines) is 2. The molecule has 65 heavy (non-hydrogen) atoms. The SMILES string of the molecule is CON[C@H](C(=O)N1CCC[C@H]1c1ncc(-c2ccc3c(c2)OCC2=C3C(c3cccc(OC)c3)Oc3cc(-c4cnc([C@@H]5CCCN5C(CC(C)C)OC(N)OC)[nH]4)ccc32)[nH]1)C(C)C. The Bertz CT molecular complexity index is 2520. The lowest BCUT2D eigenvalue weighted by Crippen LogP contribution is -2.48. The van der Waals surface area contributed by atoms with Crippen molar-refractivity contribution < 1.29 is 33.3 Å². The van der Waals surface area contributed by atoms with Crippen molar-refractivity contribution in [1.82, 2.24) is 35.2 Å². The maximum Gasteiger partial charge on any atom is 0.242 e. The lowest BCUT2D eigenvalue weighted by Gasteiger charge is -2.35. The smallest absolute Gasteiger partial charge is 0.242 e. The van der Waals surface area contributed by atoms with Crippen LogP contribution in [0.1, 0.15) is 106 Å². The largest absolute Gasteiger partial charge is 0.497 e. The fourth-order valence-corrected chi connectivity index (χ4v) is 9.91. The van der Waals surface area contributed by atoms with Crippen LogP contribution in [-0.2, 0) is 19.1 Å². The number of amides is 1. The van der Waals surface area contributed by atoms with E-state index in [2.05, 4.69) is 76.7 Å². The fourth-order valence-electron chi connectivity index (χ4n) is 9.91. The summed E-state index contributed by atoms with van der Waals surface area (Å²) in [5.74, 6) is 4.42. The van der Waals surface area contributed by atoms with Gasteiger partial charge in [-0.25, -0.2) is 9.97 Å². The molecule has 1 amide bonds. The minimum absolute atomic E-state index is 0.0138. The second kappa shape index (κ2) is 19.1. The zero-order valence-electron chi connectivity index (χ0n) is 38.4. The van der Waals surface area contributed by atoms with Crippen LogP contribution in [0.5, 0.6) is 17.2 Å². The van der Waals surface area contributed by atoms with Crippen molar-refractivity contribution in [3.63, 3.8) is 0 Å².